The number of fused-ring (bicyclic) bond motifs is 1. The van der Waals surface area contributed by atoms with Crippen LogP contribution in [-0.2, 0) is 4.79 Å². The highest BCUT2D eigenvalue weighted by atomic mass is 16.2. The molecule has 2 rings (SSSR count). The molecule has 5 nitrogen and oxygen atoms in total. The lowest BCUT2D eigenvalue weighted by Gasteiger charge is -2.00. The molecule has 2 amide bonds. The number of carbonyl (C=O) groups excluding carboxylic acids is 2. The van der Waals surface area contributed by atoms with Crippen LogP contribution in [0.3, 0.4) is 0 Å². The van der Waals surface area contributed by atoms with Gasteiger partial charge in [0.2, 0.25) is 0 Å². The van der Waals surface area contributed by atoms with Crippen molar-refractivity contribution >= 4 is 17.5 Å². The predicted octanol–water partition coefficient (Wildman–Crippen LogP) is 0.150. The number of primary amides is 1. The maximum atomic E-state index is 11.5. The zero-order valence-corrected chi connectivity index (χ0v) is 8.15. The summed E-state index contributed by atoms with van der Waals surface area (Å²) in [7, 11) is 0. The molecule has 0 aromatic heterocycles. The highest BCUT2D eigenvalue weighted by Gasteiger charge is 2.27. The first-order chi connectivity index (χ1) is 7.65. The minimum atomic E-state index is -0.852. The van der Waals surface area contributed by atoms with Crippen molar-refractivity contribution in [2.75, 3.05) is 0 Å². The lowest BCUT2D eigenvalue weighted by Crippen LogP contribution is -2.20. The largest absolute Gasteiger partial charge is 0.365 e. The third-order valence-corrected chi connectivity index (χ3v) is 2.29. The van der Waals surface area contributed by atoms with Gasteiger partial charge >= 0.3 is 0 Å². The fraction of sp³-hybridized carbons (Fsp3) is 0. The number of hydrogen-bond donors (Lipinski definition) is 2. The Morgan fingerprint density at radius 2 is 1.94 bits per heavy atom. The van der Waals surface area contributed by atoms with E-state index in [4.69, 9.17) is 11.0 Å². The number of nitriles is 1. The topological polar surface area (TPSA) is 96.0 Å². The summed E-state index contributed by atoms with van der Waals surface area (Å²) >= 11 is 0. The van der Waals surface area contributed by atoms with Crippen LogP contribution in [0, 0.1) is 11.3 Å². The molecule has 0 spiro atoms. The predicted molar refractivity (Wildman–Crippen MR) is 55.6 cm³/mol. The second-order valence-electron chi connectivity index (χ2n) is 3.23. The summed E-state index contributed by atoms with van der Waals surface area (Å²) in [5.74, 6) is -1.19. The molecule has 5 heteroatoms. The summed E-state index contributed by atoms with van der Waals surface area (Å²) in [6.07, 6.45) is 0. The number of benzene rings is 1. The number of amides is 2. The molecule has 0 atom stereocenters. The molecule has 0 radical (unpaired) electrons. The Morgan fingerprint density at radius 1 is 1.31 bits per heavy atom. The molecule has 1 aliphatic rings. The van der Waals surface area contributed by atoms with E-state index in [0.717, 1.165) is 0 Å². The standard InChI is InChI=1S/C11H7N3O2/c12-5-8(10(13)15)9-6-3-1-2-4-7(6)11(16)14-9/h1-4H,(H2,13,15)(H,14,16)/b9-8-. The summed E-state index contributed by atoms with van der Waals surface area (Å²) in [5.41, 5.74) is 5.98. The van der Waals surface area contributed by atoms with Crippen molar-refractivity contribution in [3.05, 3.63) is 41.0 Å². The fourth-order valence-electron chi connectivity index (χ4n) is 1.58. The van der Waals surface area contributed by atoms with Crippen LogP contribution in [0.4, 0.5) is 0 Å². The van der Waals surface area contributed by atoms with Crippen LogP contribution in [0.15, 0.2) is 29.8 Å². The van der Waals surface area contributed by atoms with E-state index in [0.29, 0.717) is 11.1 Å². The number of hydrogen-bond acceptors (Lipinski definition) is 3. The van der Waals surface area contributed by atoms with Gasteiger partial charge in [0.05, 0.1) is 5.70 Å². The highest BCUT2D eigenvalue weighted by Crippen LogP contribution is 2.26. The van der Waals surface area contributed by atoms with E-state index in [1.54, 1.807) is 30.3 Å². The zero-order valence-electron chi connectivity index (χ0n) is 8.15. The van der Waals surface area contributed by atoms with Crippen molar-refractivity contribution in [3.63, 3.8) is 0 Å². The van der Waals surface area contributed by atoms with Crippen LogP contribution in [0.1, 0.15) is 15.9 Å². The maximum absolute atomic E-state index is 11.5. The van der Waals surface area contributed by atoms with E-state index in [-0.39, 0.29) is 17.2 Å². The molecule has 0 fully saturated rings. The SMILES string of the molecule is N#C/C(C(N)=O)=C1/NC(=O)c2ccccc21. The molecule has 0 saturated carbocycles. The van der Waals surface area contributed by atoms with Crippen molar-refractivity contribution in [1.82, 2.24) is 5.32 Å². The summed E-state index contributed by atoms with van der Waals surface area (Å²) in [4.78, 5) is 22.5. The van der Waals surface area contributed by atoms with Gasteiger partial charge < -0.3 is 11.1 Å². The first kappa shape index (κ1) is 9.93. The van der Waals surface area contributed by atoms with Crippen LogP contribution in [0.25, 0.3) is 5.70 Å². The lowest BCUT2D eigenvalue weighted by molar-refractivity contribution is -0.114. The van der Waals surface area contributed by atoms with Gasteiger partial charge in [-0.1, -0.05) is 18.2 Å². The van der Waals surface area contributed by atoms with Gasteiger partial charge in [-0.25, -0.2) is 0 Å². The normalized spacial score (nSPS) is 16.1. The van der Waals surface area contributed by atoms with Gasteiger partial charge in [0.25, 0.3) is 11.8 Å². The molecule has 3 N–H and O–H groups in total. The Labute approximate surface area is 91.2 Å². The molecular weight excluding hydrogens is 206 g/mol. The van der Waals surface area contributed by atoms with E-state index in [2.05, 4.69) is 5.32 Å². The van der Waals surface area contributed by atoms with E-state index in [1.165, 1.54) is 0 Å². The van der Waals surface area contributed by atoms with Gasteiger partial charge in [-0.15, -0.1) is 0 Å². The Kier molecular flexibility index (Phi) is 2.18. The molecule has 1 heterocycles. The third-order valence-electron chi connectivity index (χ3n) is 2.29. The molecule has 1 aromatic carbocycles. The second-order valence-corrected chi connectivity index (χ2v) is 3.23. The van der Waals surface area contributed by atoms with Gasteiger partial charge in [-0.05, 0) is 6.07 Å². The minimum absolute atomic E-state index is 0.190. The molecule has 78 valence electrons. The molecule has 0 unspecified atom stereocenters. The molecule has 0 aliphatic carbocycles. The minimum Gasteiger partial charge on any atom is -0.365 e. The smallest absolute Gasteiger partial charge is 0.261 e. The Morgan fingerprint density at radius 3 is 2.50 bits per heavy atom. The van der Waals surface area contributed by atoms with E-state index in [9.17, 15) is 9.59 Å². The van der Waals surface area contributed by atoms with Crippen LogP contribution >= 0.6 is 0 Å². The van der Waals surface area contributed by atoms with Gasteiger partial charge in [-0.3, -0.25) is 9.59 Å². The zero-order chi connectivity index (χ0) is 11.7. The third kappa shape index (κ3) is 1.33. The Hall–Kier alpha value is -2.61. The lowest BCUT2D eigenvalue weighted by atomic mass is 10.1. The maximum Gasteiger partial charge on any atom is 0.261 e. The highest BCUT2D eigenvalue weighted by molar-refractivity contribution is 6.15. The van der Waals surface area contributed by atoms with Gasteiger partial charge in [0.1, 0.15) is 11.6 Å². The second kappa shape index (κ2) is 3.51. The Bertz CT molecular complexity index is 567. The quantitative estimate of drug-likeness (QED) is 0.513. The number of nitrogens with zero attached hydrogens (tertiary/aromatic N) is 1. The van der Waals surface area contributed by atoms with Crippen LogP contribution < -0.4 is 11.1 Å². The van der Waals surface area contributed by atoms with Gasteiger partial charge in [-0.2, -0.15) is 5.26 Å². The number of nitrogens with two attached hydrogens (primary N) is 1. The first-order valence-corrected chi connectivity index (χ1v) is 4.50. The molecule has 1 aromatic rings. The van der Waals surface area contributed by atoms with Crippen molar-refractivity contribution in [2.24, 2.45) is 5.73 Å². The molecule has 0 saturated heterocycles. The summed E-state index contributed by atoms with van der Waals surface area (Å²) in [6.45, 7) is 0. The number of carbonyl (C=O) groups is 2. The van der Waals surface area contributed by atoms with Gasteiger partial charge in [0.15, 0.2) is 0 Å². The van der Waals surface area contributed by atoms with Gasteiger partial charge in [0, 0.05) is 11.1 Å². The summed E-state index contributed by atoms with van der Waals surface area (Å²) in [5, 5.41) is 11.3. The van der Waals surface area contributed by atoms with Crippen molar-refractivity contribution < 1.29 is 9.59 Å². The average molecular weight is 213 g/mol. The number of rotatable bonds is 1. The van der Waals surface area contributed by atoms with Crippen molar-refractivity contribution in [1.29, 1.82) is 5.26 Å². The van der Waals surface area contributed by atoms with Crippen LogP contribution in [-0.4, -0.2) is 11.8 Å². The Balaban J connectivity index is 2.70. The summed E-state index contributed by atoms with van der Waals surface area (Å²) < 4.78 is 0. The van der Waals surface area contributed by atoms with E-state index in [1.807, 2.05) is 0 Å². The number of nitrogens with one attached hydrogen (secondary N) is 1. The fourth-order valence-corrected chi connectivity index (χ4v) is 1.58. The van der Waals surface area contributed by atoms with Crippen LogP contribution in [0.5, 0.6) is 0 Å². The van der Waals surface area contributed by atoms with E-state index < -0.39 is 5.91 Å². The van der Waals surface area contributed by atoms with Crippen molar-refractivity contribution in [3.8, 4) is 6.07 Å². The molecular formula is C11H7N3O2. The molecule has 16 heavy (non-hydrogen) atoms. The molecule has 0 bridgehead atoms. The average Bonchev–Trinajstić information content (AvgIpc) is 2.58. The molecule has 1 aliphatic heterocycles. The van der Waals surface area contributed by atoms with Crippen LogP contribution in [0.2, 0.25) is 0 Å². The van der Waals surface area contributed by atoms with Crippen molar-refractivity contribution in [2.45, 2.75) is 0 Å². The van der Waals surface area contributed by atoms with E-state index >= 15 is 0 Å². The first-order valence-electron chi connectivity index (χ1n) is 4.50. The summed E-state index contributed by atoms with van der Waals surface area (Å²) in [6, 6.07) is 8.39. The monoisotopic (exact) mass is 213 g/mol.